The SMILES string of the molecule is O=S(=O)(NC1CCNC1)c1ccc(SC(F)(F)F)cc1. The number of hydrogen-bond acceptors (Lipinski definition) is 4. The molecular weight excluding hydrogens is 313 g/mol. The van der Waals surface area contributed by atoms with Gasteiger partial charge in [-0.2, -0.15) is 13.2 Å². The van der Waals surface area contributed by atoms with Gasteiger partial charge in [0.05, 0.1) is 4.90 Å². The first-order valence-corrected chi connectivity index (χ1v) is 8.15. The van der Waals surface area contributed by atoms with Gasteiger partial charge in [-0.15, -0.1) is 0 Å². The van der Waals surface area contributed by atoms with Gasteiger partial charge >= 0.3 is 5.51 Å². The Hall–Kier alpha value is -0.770. The van der Waals surface area contributed by atoms with Crippen molar-refractivity contribution in [2.75, 3.05) is 13.1 Å². The van der Waals surface area contributed by atoms with Gasteiger partial charge in [-0.05, 0) is 49.0 Å². The number of rotatable bonds is 4. The van der Waals surface area contributed by atoms with E-state index >= 15 is 0 Å². The smallest absolute Gasteiger partial charge is 0.315 e. The summed E-state index contributed by atoms with van der Waals surface area (Å²) in [6.07, 6.45) is 0.696. The second-order valence-corrected chi connectivity index (χ2v) is 7.18. The van der Waals surface area contributed by atoms with E-state index < -0.39 is 15.5 Å². The zero-order valence-electron chi connectivity index (χ0n) is 10.3. The fourth-order valence-electron chi connectivity index (χ4n) is 1.86. The zero-order valence-corrected chi connectivity index (χ0v) is 11.9. The van der Waals surface area contributed by atoms with Crippen molar-refractivity contribution in [1.29, 1.82) is 0 Å². The lowest BCUT2D eigenvalue weighted by Crippen LogP contribution is -2.36. The molecule has 0 bridgehead atoms. The van der Waals surface area contributed by atoms with Crippen LogP contribution in [0.3, 0.4) is 0 Å². The van der Waals surface area contributed by atoms with Crippen LogP contribution in [-0.2, 0) is 10.0 Å². The van der Waals surface area contributed by atoms with Crippen molar-refractivity contribution in [3.63, 3.8) is 0 Å². The summed E-state index contributed by atoms with van der Waals surface area (Å²) in [6.45, 7) is 1.30. The lowest BCUT2D eigenvalue weighted by molar-refractivity contribution is -0.0328. The summed E-state index contributed by atoms with van der Waals surface area (Å²) in [5, 5.41) is 3.03. The highest BCUT2D eigenvalue weighted by atomic mass is 32.2. The third-order valence-electron chi connectivity index (χ3n) is 2.75. The average Bonchev–Trinajstić information content (AvgIpc) is 2.79. The third-order valence-corrected chi connectivity index (χ3v) is 5.03. The van der Waals surface area contributed by atoms with E-state index in [0.29, 0.717) is 13.0 Å². The molecule has 1 unspecified atom stereocenters. The van der Waals surface area contributed by atoms with Gasteiger partial charge in [0.25, 0.3) is 0 Å². The standard InChI is InChI=1S/C11H13F3N2O2S2/c12-11(13,14)19-9-1-3-10(4-2-9)20(17,18)16-8-5-6-15-7-8/h1-4,8,15-16H,5-7H2. The Labute approximate surface area is 119 Å². The Bertz CT molecular complexity index is 552. The lowest BCUT2D eigenvalue weighted by Gasteiger charge is -2.12. The van der Waals surface area contributed by atoms with Crippen molar-refractivity contribution in [2.45, 2.75) is 27.8 Å². The van der Waals surface area contributed by atoms with Crippen LogP contribution in [0.25, 0.3) is 0 Å². The molecule has 0 radical (unpaired) electrons. The van der Waals surface area contributed by atoms with E-state index in [0.717, 1.165) is 18.7 Å². The number of alkyl halides is 3. The molecule has 0 spiro atoms. The van der Waals surface area contributed by atoms with Crippen molar-refractivity contribution >= 4 is 21.8 Å². The number of thioether (sulfide) groups is 1. The molecule has 9 heteroatoms. The molecule has 0 aliphatic carbocycles. The molecular formula is C11H13F3N2O2S2. The Kier molecular flexibility index (Phi) is 4.62. The van der Waals surface area contributed by atoms with Crippen molar-refractivity contribution in [1.82, 2.24) is 10.0 Å². The lowest BCUT2D eigenvalue weighted by atomic mass is 10.3. The van der Waals surface area contributed by atoms with Crippen LogP contribution in [0.5, 0.6) is 0 Å². The summed E-state index contributed by atoms with van der Waals surface area (Å²) < 4.78 is 63.1. The predicted octanol–water partition coefficient (Wildman–Crippen LogP) is 1.94. The highest BCUT2D eigenvalue weighted by molar-refractivity contribution is 8.00. The zero-order chi connectivity index (χ0) is 14.8. The Morgan fingerprint density at radius 2 is 1.90 bits per heavy atom. The topological polar surface area (TPSA) is 58.2 Å². The largest absolute Gasteiger partial charge is 0.446 e. The van der Waals surface area contributed by atoms with E-state index in [9.17, 15) is 21.6 Å². The van der Waals surface area contributed by atoms with Crippen molar-refractivity contribution < 1.29 is 21.6 Å². The molecule has 1 heterocycles. The molecule has 1 aromatic rings. The Morgan fingerprint density at radius 3 is 2.40 bits per heavy atom. The fraction of sp³-hybridized carbons (Fsp3) is 0.455. The van der Waals surface area contributed by atoms with Gasteiger partial charge in [0, 0.05) is 17.5 Å². The van der Waals surface area contributed by atoms with Gasteiger partial charge in [-0.3, -0.25) is 0 Å². The molecule has 1 aliphatic rings. The molecule has 20 heavy (non-hydrogen) atoms. The van der Waals surface area contributed by atoms with Gasteiger partial charge in [0.2, 0.25) is 10.0 Å². The summed E-state index contributed by atoms with van der Waals surface area (Å²) in [7, 11) is -3.68. The van der Waals surface area contributed by atoms with E-state index in [1.54, 1.807) is 0 Å². The molecule has 1 fully saturated rings. The third kappa shape index (κ3) is 4.37. The van der Waals surface area contributed by atoms with E-state index in [-0.39, 0.29) is 27.6 Å². The van der Waals surface area contributed by atoms with Crippen LogP contribution in [0.15, 0.2) is 34.1 Å². The number of hydrogen-bond donors (Lipinski definition) is 2. The molecule has 0 amide bonds. The minimum atomic E-state index is -4.38. The molecule has 2 rings (SSSR count). The maximum Gasteiger partial charge on any atom is 0.446 e. The van der Waals surface area contributed by atoms with Crippen LogP contribution in [0.1, 0.15) is 6.42 Å². The van der Waals surface area contributed by atoms with Crippen molar-refractivity contribution in [2.24, 2.45) is 0 Å². The quantitative estimate of drug-likeness (QED) is 0.830. The summed E-state index contributed by atoms with van der Waals surface area (Å²) in [6, 6.07) is 4.49. The normalized spacial score (nSPS) is 20.2. The first kappa shape index (κ1) is 15.6. The van der Waals surface area contributed by atoms with Crippen LogP contribution >= 0.6 is 11.8 Å². The maximum atomic E-state index is 12.2. The van der Waals surface area contributed by atoms with Crippen LogP contribution < -0.4 is 10.0 Å². The van der Waals surface area contributed by atoms with Crippen LogP contribution in [0.4, 0.5) is 13.2 Å². The minimum Gasteiger partial charge on any atom is -0.315 e. The van der Waals surface area contributed by atoms with Gasteiger partial charge < -0.3 is 5.32 Å². The number of benzene rings is 1. The second kappa shape index (κ2) is 5.92. The molecule has 1 aromatic carbocycles. The number of halogens is 3. The van der Waals surface area contributed by atoms with Gasteiger partial charge in [-0.1, -0.05) is 0 Å². The van der Waals surface area contributed by atoms with Crippen LogP contribution in [0, 0.1) is 0 Å². The summed E-state index contributed by atoms with van der Waals surface area (Å²) in [5.74, 6) is 0. The van der Waals surface area contributed by atoms with E-state index in [1.165, 1.54) is 12.1 Å². The van der Waals surface area contributed by atoms with Crippen LogP contribution in [0.2, 0.25) is 0 Å². The van der Waals surface area contributed by atoms with E-state index in [1.807, 2.05) is 0 Å². The summed E-state index contributed by atoms with van der Waals surface area (Å²) in [4.78, 5) is -0.0742. The molecule has 4 nitrogen and oxygen atoms in total. The monoisotopic (exact) mass is 326 g/mol. The highest BCUT2D eigenvalue weighted by Crippen LogP contribution is 2.36. The fourth-order valence-corrected chi connectivity index (χ4v) is 3.67. The molecule has 1 saturated heterocycles. The van der Waals surface area contributed by atoms with Gasteiger partial charge in [0.15, 0.2) is 0 Å². The van der Waals surface area contributed by atoms with Gasteiger partial charge in [0.1, 0.15) is 0 Å². The molecule has 1 aliphatic heterocycles. The predicted molar refractivity (Wildman–Crippen MR) is 70.0 cm³/mol. The first-order valence-electron chi connectivity index (χ1n) is 5.85. The molecule has 112 valence electrons. The van der Waals surface area contributed by atoms with Crippen LogP contribution in [-0.4, -0.2) is 33.1 Å². The minimum absolute atomic E-state index is 0.0316. The number of sulfonamides is 1. The van der Waals surface area contributed by atoms with Gasteiger partial charge in [-0.25, -0.2) is 13.1 Å². The van der Waals surface area contributed by atoms with E-state index in [4.69, 9.17) is 0 Å². The maximum absolute atomic E-state index is 12.2. The summed E-state index contributed by atoms with van der Waals surface area (Å²) >= 11 is -0.272. The Balaban J connectivity index is 2.08. The Morgan fingerprint density at radius 1 is 1.25 bits per heavy atom. The average molecular weight is 326 g/mol. The molecule has 0 aromatic heterocycles. The first-order chi connectivity index (χ1) is 9.26. The molecule has 2 N–H and O–H groups in total. The molecule has 1 atom stereocenters. The van der Waals surface area contributed by atoms with E-state index in [2.05, 4.69) is 10.0 Å². The van der Waals surface area contributed by atoms with Crippen molar-refractivity contribution in [3.8, 4) is 0 Å². The molecule has 0 saturated carbocycles. The summed E-state index contributed by atoms with van der Waals surface area (Å²) in [5.41, 5.74) is -4.38. The highest BCUT2D eigenvalue weighted by Gasteiger charge is 2.29. The second-order valence-electron chi connectivity index (χ2n) is 4.33. The van der Waals surface area contributed by atoms with Crippen molar-refractivity contribution in [3.05, 3.63) is 24.3 Å². The number of nitrogens with one attached hydrogen (secondary N) is 2.